The first-order chi connectivity index (χ1) is 17.1. The standard InChI is InChI=1S/C27H27NO7/c1-31-20-15-10-16-21(32-2)22(20)25-28(27(30)34-17-18-11-6-4-7-12-18)23(19-13-8-5-9-14-19)24(35-25)26(29)33-3/h4-16,23-25H,17H2,1-3H3/t23-,24+,25?/m0/s1. The highest BCUT2D eigenvalue weighted by Gasteiger charge is 2.52. The number of hydrogen-bond acceptors (Lipinski definition) is 7. The van der Waals surface area contributed by atoms with Crippen LogP contribution in [0.2, 0.25) is 0 Å². The molecule has 1 fully saturated rings. The van der Waals surface area contributed by atoms with Gasteiger partial charge in [0.1, 0.15) is 24.1 Å². The van der Waals surface area contributed by atoms with E-state index in [4.69, 9.17) is 23.7 Å². The zero-order valence-corrected chi connectivity index (χ0v) is 19.7. The summed E-state index contributed by atoms with van der Waals surface area (Å²) in [5, 5.41) is 0. The van der Waals surface area contributed by atoms with Crippen molar-refractivity contribution in [1.29, 1.82) is 0 Å². The van der Waals surface area contributed by atoms with Gasteiger partial charge in [-0.25, -0.2) is 9.59 Å². The van der Waals surface area contributed by atoms with Crippen molar-refractivity contribution in [3.8, 4) is 11.5 Å². The van der Waals surface area contributed by atoms with E-state index in [-0.39, 0.29) is 6.61 Å². The fourth-order valence-electron chi connectivity index (χ4n) is 4.19. The summed E-state index contributed by atoms with van der Waals surface area (Å²) in [6, 6.07) is 22.9. The first-order valence-electron chi connectivity index (χ1n) is 11.1. The quantitative estimate of drug-likeness (QED) is 0.458. The second-order valence-corrected chi connectivity index (χ2v) is 7.81. The number of ether oxygens (including phenoxy) is 5. The maximum absolute atomic E-state index is 13.6. The number of rotatable bonds is 7. The first-order valence-corrected chi connectivity index (χ1v) is 11.1. The topological polar surface area (TPSA) is 83.5 Å². The molecule has 0 radical (unpaired) electrons. The molecule has 1 amide bonds. The van der Waals surface area contributed by atoms with Gasteiger partial charge in [0.2, 0.25) is 0 Å². The number of nitrogens with zero attached hydrogens (tertiary/aromatic N) is 1. The maximum atomic E-state index is 13.6. The van der Waals surface area contributed by atoms with Crippen LogP contribution in [0, 0.1) is 0 Å². The minimum atomic E-state index is -1.11. The second-order valence-electron chi connectivity index (χ2n) is 7.81. The zero-order chi connectivity index (χ0) is 24.8. The van der Waals surface area contributed by atoms with E-state index in [2.05, 4.69) is 0 Å². The molecule has 1 aliphatic rings. The van der Waals surface area contributed by atoms with Gasteiger partial charge in [-0.2, -0.15) is 0 Å². The largest absolute Gasteiger partial charge is 0.496 e. The lowest BCUT2D eigenvalue weighted by Gasteiger charge is -2.29. The Morgan fingerprint density at radius 3 is 2.00 bits per heavy atom. The Hall–Kier alpha value is -4.04. The minimum absolute atomic E-state index is 0.0519. The molecular formula is C27H27NO7. The van der Waals surface area contributed by atoms with Gasteiger partial charge in [-0.05, 0) is 23.3 Å². The van der Waals surface area contributed by atoms with Crippen molar-refractivity contribution in [3.63, 3.8) is 0 Å². The predicted molar refractivity (Wildman–Crippen MR) is 127 cm³/mol. The van der Waals surface area contributed by atoms with Crippen molar-refractivity contribution in [1.82, 2.24) is 4.90 Å². The summed E-state index contributed by atoms with van der Waals surface area (Å²) in [7, 11) is 4.30. The highest BCUT2D eigenvalue weighted by atomic mass is 16.6. The van der Waals surface area contributed by atoms with Crippen LogP contribution in [-0.4, -0.2) is 44.4 Å². The van der Waals surface area contributed by atoms with Gasteiger partial charge >= 0.3 is 12.1 Å². The minimum Gasteiger partial charge on any atom is -0.496 e. The Morgan fingerprint density at radius 1 is 0.829 bits per heavy atom. The Morgan fingerprint density at radius 2 is 1.43 bits per heavy atom. The van der Waals surface area contributed by atoms with Gasteiger partial charge in [0.25, 0.3) is 0 Å². The number of benzene rings is 3. The van der Waals surface area contributed by atoms with Gasteiger partial charge in [-0.15, -0.1) is 0 Å². The Kier molecular flexibility index (Phi) is 7.52. The van der Waals surface area contributed by atoms with Crippen LogP contribution in [0.1, 0.15) is 29.0 Å². The lowest BCUT2D eigenvalue weighted by molar-refractivity contribution is -0.154. The van der Waals surface area contributed by atoms with Crippen molar-refractivity contribution in [2.24, 2.45) is 0 Å². The monoisotopic (exact) mass is 477 g/mol. The molecule has 3 atom stereocenters. The van der Waals surface area contributed by atoms with Crippen LogP contribution >= 0.6 is 0 Å². The molecule has 1 heterocycles. The molecule has 35 heavy (non-hydrogen) atoms. The molecule has 0 spiro atoms. The fourth-order valence-corrected chi connectivity index (χ4v) is 4.19. The van der Waals surface area contributed by atoms with E-state index < -0.39 is 30.4 Å². The second kappa shape index (κ2) is 10.9. The van der Waals surface area contributed by atoms with Gasteiger partial charge in [-0.1, -0.05) is 66.7 Å². The van der Waals surface area contributed by atoms with E-state index in [9.17, 15) is 9.59 Å². The molecule has 0 bridgehead atoms. The average molecular weight is 478 g/mol. The Balaban J connectivity index is 1.81. The van der Waals surface area contributed by atoms with E-state index in [1.807, 2.05) is 60.7 Å². The summed E-state index contributed by atoms with van der Waals surface area (Å²) in [5.41, 5.74) is 1.98. The number of hydrogen-bond donors (Lipinski definition) is 0. The maximum Gasteiger partial charge on any atom is 0.413 e. The molecule has 1 unspecified atom stereocenters. The predicted octanol–water partition coefficient (Wildman–Crippen LogP) is 4.65. The summed E-state index contributed by atoms with van der Waals surface area (Å²) in [6.07, 6.45) is -2.81. The van der Waals surface area contributed by atoms with Gasteiger partial charge in [0, 0.05) is 0 Å². The molecule has 8 heteroatoms. The average Bonchev–Trinajstić information content (AvgIpc) is 3.32. The fraction of sp³-hybridized carbons (Fsp3) is 0.259. The van der Waals surface area contributed by atoms with Crippen LogP contribution in [0.4, 0.5) is 4.79 Å². The van der Waals surface area contributed by atoms with E-state index in [0.29, 0.717) is 22.6 Å². The molecule has 1 saturated heterocycles. The highest BCUT2D eigenvalue weighted by Crippen LogP contribution is 2.48. The normalized spacial score (nSPS) is 19.2. The summed E-state index contributed by atoms with van der Waals surface area (Å²) in [4.78, 5) is 27.9. The molecule has 8 nitrogen and oxygen atoms in total. The van der Waals surface area contributed by atoms with Crippen LogP contribution in [0.15, 0.2) is 78.9 Å². The Bertz CT molecular complexity index is 1130. The molecular weight excluding hydrogens is 450 g/mol. The van der Waals surface area contributed by atoms with Crippen molar-refractivity contribution in [3.05, 3.63) is 95.6 Å². The summed E-state index contributed by atoms with van der Waals surface area (Å²) in [6.45, 7) is 0.0519. The Labute approximate surface area is 203 Å². The van der Waals surface area contributed by atoms with E-state index in [1.54, 1.807) is 18.2 Å². The van der Waals surface area contributed by atoms with Gasteiger partial charge in [0.15, 0.2) is 12.3 Å². The zero-order valence-electron chi connectivity index (χ0n) is 19.7. The highest BCUT2D eigenvalue weighted by molar-refractivity contribution is 5.79. The number of carbonyl (C=O) groups is 2. The van der Waals surface area contributed by atoms with Crippen molar-refractivity contribution >= 4 is 12.1 Å². The third-order valence-electron chi connectivity index (χ3n) is 5.82. The molecule has 182 valence electrons. The van der Waals surface area contributed by atoms with Crippen molar-refractivity contribution in [2.45, 2.75) is 25.0 Å². The molecule has 0 aliphatic carbocycles. The lowest BCUT2D eigenvalue weighted by Crippen LogP contribution is -2.37. The summed E-state index contributed by atoms with van der Waals surface area (Å²) >= 11 is 0. The van der Waals surface area contributed by atoms with Crippen LogP contribution in [0.25, 0.3) is 0 Å². The van der Waals surface area contributed by atoms with E-state index >= 15 is 0 Å². The number of amides is 1. The van der Waals surface area contributed by atoms with E-state index in [1.165, 1.54) is 26.2 Å². The van der Waals surface area contributed by atoms with Crippen LogP contribution in [0.3, 0.4) is 0 Å². The van der Waals surface area contributed by atoms with Crippen LogP contribution in [-0.2, 0) is 25.6 Å². The molecule has 0 saturated carbocycles. The smallest absolute Gasteiger partial charge is 0.413 e. The third-order valence-corrected chi connectivity index (χ3v) is 5.82. The number of methoxy groups -OCH3 is 3. The van der Waals surface area contributed by atoms with Gasteiger partial charge in [0.05, 0.1) is 26.9 Å². The van der Waals surface area contributed by atoms with Gasteiger partial charge < -0.3 is 23.7 Å². The number of carbonyl (C=O) groups excluding carboxylic acids is 2. The molecule has 3 aromatic carbocycles. The number of esters is 1. The summed E-state index contributed by atoms with van der Waals surface area (Å²) in [5.74, 6) is 0.260. The molecule has 3 aromatic rings. The van der Waals surface area contributed by atoms with Crippen LogP contribution in [0.5, 0.6) is 11.5 Å². The van der Waals surface area contributed by atoms with Crippen LogP contribution < -0.4 is 9.47 Å². The molecule has 4 rings (SSSR count). The van der Waals surface area contributed by atoms with Crippen molar-refractivity contribution in [2.75, 3.05) is 21.3 Å². The molecule has 1 aliphatic heterocycles. The van der Waals surface area contributed by atoms with Gasteiger partial charge in [-0.3, -0.25) is 4.90 Å². The van der Waals surface area contributed by atoms with E-state index in [0.717, 1.165) is 5.56 Å². The summed E-state index contributed by atoms with van der Waals surface area (Å²) < 4.78 is 28.1. The van der Waals surface area contributed by atoms with Crippen molar-refractivity contribution < 1.29 is 33.3 Å². The first kappa shape index (κ1) is 24.1. The SMILES string of the molecule is COC(=O)[C@@H]1OC(c2c(OC)cccc2OC)N(C(=O)OCc2ccccc2)[C@H]1c1ccccc1. The lowest BCUT2D eigenvalue weighted by atomic mass is 10.0. The molecule has 0 aromatic heterocycles. The molecule has 0 N–H and O–H groups in total. The third kappa shape index (κ3) is 4.93.